The van der Waals surface area contributed by atoms with Gasteiger partial charge in [0.25, 0.3) is 0 Å². The Balaban J connectivity index is 1.66. The van der Waals surface area contributed by atoms with E-state index >= 15 is 0 Å². The second kappa shape index (κ2) is 7.10. The summed E-state index contributed by atoms with van der Waals surface area (Å²) in [6.45, 7) is 0. The van der Waals surface area contributed by atoms with Gasteiger partial charge in [0.05, 0.1) is 0 Å². The molecule has 3 fully saturated rings. The highest BCUT2D eigenvalue weighted by atomic mass is 16.5. The van der Waals surface area contributed by atoms with E-state index in [0.717, 1.165) is 19.3 Å². The molecule has 0 unspecified atom stereocenters. The van der Waals surface area contributed by atoms with Crippen LogP contribution in [0.3, 0.4) is 0 Å². The van der Waals surface area contributed by atoms with Gasteiger partial charge in [0.15, 0.2) is 0 Å². The maximum atomic E-state index is 12.1. The summed E-state index contributed by atoms with van der Waals surface area (Å²) in [6, 6.07) is 17.9. The quantitative estimate of drug-likeness (QED) is 0.423. The molecule has 5 rings (SSSR count). The molecule has 0 saturated heterocycles. The monoisotopic (exact) mass is 440 g/mol. The molecule has 3 aliphatic carbocycles. The number of fused-ring (bicyclic) bond motifs is 3. The van der Waals surface area contributed by atoms with Gasteiger partial charge in [0.2, 0.25) is 0 Å². The molecule has 0 aliphatic heterocycles. The molecular weight excluding hydrogens is 408 g/mol. The standard InChI is InChI=1S/C26H32O6/c27-20-21(28)24(30,17-19-12-6-2-7-13-19)26(32)22(14-8-3-9-15-22)25(26,31)23(20,29)16-18-10-4-1-5-11-18/h1-2,4-7,10-13,20-21,27-32H,3,8-9,14-17H2/t20-,21-,23+,24+,25-,26+/m1/s1. The molecule has 0 heterocycles. The van der Waals surface area contributed by atoms with Crippen LogP contribution in [-0.4, -0.2) is 65.3 Å². The lowest BCUT2D eigenvalue weighted by atomic mass is 9.64. The SMILES string of the molecule is O[C@@H]1[C@@H](O)[C@@](O)(Cc2ccccc2)[C@]2(O)C3(CCCCC3)[C@]2(O)[C@]1(O)Cc1ccccc1. The van der Waals surface area contributed by atoms with Crippen molar-refractivity contribution in [1.29, 1.82) is 0 Å². The van der Waals surface area contributed by atoms with Crippen LogP contribution in [0.25, 0.3) is 0 Å². The lowest BCUT2D eigenvalue weighted by molar-refractivity contribution is -0.301. The first-order valence-electron chi connectivity index (χ1n) is 11.5. The van der Waals surface area contributed by atoms with Crippen molar-refractivity contribution in [2.45, 2.75) is 79.6 Å². The maximum Gasteiger partial charge on any atom is 0.137 e. The number of rotatable bonds is 4. The van der Waals surface area contributed by atoms with Crippen LogP contribution in [0.5, 0.6) is 0 Å². The first-order chi connectivity index (χ1) is 15.2. The Morgan fingerprint density at radius 3 is 1.34 bits per heavy atom. The molecule has 0 amide bonds. The highest BCUT2D eigenvalue weighted by Crippen LogP contribution is 2.81. The van der Waals surface area contributed by atoms with E-state index in [1.807, 2.05) is 12.1 Å². The summed E-state index contributed by atoms with van der Waals surface area (Å²) in [4.78, 5) is 0. The summed E-state index contributed by atoms with van der Waals surface area (Å²) in [6.07, 6.45) is -0.874. The number of hydrogen-bond acceptors (Lipinski definition) is 6. The molecule has 32 heavy (non-hydrogen) atoms. The molecule has 6 heteroatoms. The summed E-state index contributed by atoms with van der Waals surface area (Å²) in [5.74, 6) is 0. The summed E-state index contributed by atoms with van der Waals surface area (Å²) >= 11 is 0. The van der Waals surface area contributed by atoms with Gasteiger partial charge >= 0.3 is 0 Å². The zero-order chi connectivity index (χ0) is 22.8. The van der Waals surface area contributed by atoms with Gasteiger partial charge in [0, 0.05) is 18.3 Å². The van der Waals surface area contributed by atoms with Crippen molar-refractivity contribution in [3.8, 4) is 0 Å². The van der Waals surface area contributed by atoms with Gasteiger partial charge in [-0.05, 0) is 24.0 Å². The third-order valence-corrected chi connectivity index (χ3v) is 8.72. The van der Waals surface area contributed by atoms with E-state index in [0.29, 0.717) is 24.0 Å². The van der Waals surface area contributed by atoms with Crippen LogP contribution in [0, 0.1) is 5.41 Å². The van der Waals surface area contributed by atoms with E-state index < -0.39 is 40.0 Å². The Kier molecular flexibility index (Phi) is 4.88. The van der Waals surface area contributed by atoms with E-state index in [-0.39, 0.29) is 12.8 Å². The van der Waals surface area contributed by atoms with Crippen molar-refractivity contribution in [2.24, 2.45) is 5.41 Å². The summed E-state index contributed by atoms with van der Waals surface area (Å²) in [5.41, 5.74) is -8.72. The molecule has 172 valence electrons. The van der Waals surface area contributed by atoms with Crippen LogP contribution in [-0.2, 0) is 12.8 Å². The van der Waals surface area contributed by atoms with Crippen molar-refractivity contribution in [2.75, 3.05) is 0 Å². The predicted octanol–water partition coefficient (Wildman–Crippen LogP) is 1.10. The van der Waals surface area contributed by atoms with Crippen LogP contribution < -0.4 is 0 Å². The largest absolute Gasteiger partial charge is 0.387 e. The van der Waals surface area contributed by atoms with E-state index in [4.69, 9.17) is 0 Å². The van der Waals surface area contributed by atoms with E-state index in [1.54, 1.807) is 48.5 Å². The molecule has 2 aromatic rings. The Morgan fingerprint density at radius 2 is 0.969 bits per heavy atom. The number of aliphatic hydroxyl groups is 6. The molecular formula is C26H32O6. The highest BCUT2D eigenvalue weighted by molar-refractivity contribution is 5.52. The Morgan fingerprint density at radius 1 is 0.594 bits per heavy atom. The number of hydrogen-bond donors (Lipinski definition) is 6. The van der Waals surface area contributed by atoms with E-state index in [1.165, 1.54) is 0 Å². The normalized spacial score (nSPS) is 42.4. The molecule has 3 aliphatic rings. The fourth-order valence-electron chi connectivity index (χ4n) is 7.22. The van der Waals surface area contributed by atoms with Crippen LogP contribution in [0.1, 0.15) is 43.2 Å². The van der Waals surface area contributed by atoms with Crippen molar-refractivity contribution in [3.05, 3.63) is 71.8 Å². The Labute approximate surface area is 187 Å². The van der Waals surface area contributed by atoms with Crippen molar-refractivity contribution in [1.82, 2.24) is 0 Å². The van der Waals surface area contributed by atoms with E-state index in [9.17, 15) is 30.6 Å². The van der Waals surface area contributed by atoms with E-state index in [2.05, 4.69) is 0 Å². The first kappa shape index (κ1) is 22.0. The van der Waals surface area contributed by atoms with Gasteiger partial charge in [-0.15, -0.1) is 0 Å². The smallest absolute Gasteiger partial charge is 0.137 e. The molecule has 0 radical (unpaired) electrons. The minimum absolute atomic E-state index is 0.159. The molecule has 3 saturated carbocycles. The van der Waals surface area contributed by atoms with Crippen LogP contribution in [0.4, 0.5) is 0 Å². The molecule has 6 N–H and O–H groups in total. The van der Waals surface area contributed by atoms with Gasteiger partial charge in [0.1, 0.15) is 34.6 Å². The van der Waals surface area contributed by atoms with Crippen LogP contribution in [0.2, 0.25) is 0 Å². The zero-order valence-corrected chi connectivity index (χ0v) is 18.1. The number of aliphatic hydroxyl groups excluding tert-OH is 2. The summed E-state index contributed by atoms with van der Waals surface area (Å²) in [5, 5.41) is 70.5. The Hall–Kier alpha value is -1.80. The molecule has 2 aromatic carbocycles. The van der Waals surface area contributed by atoms with Gasteiger partial charge in [-0.2, -0.15) is 0 Å². The van der Waals surface area contributed by atoms with Crippen LogP contribution in [0.15, 0.2) is 60.7 Å². The maximum absolute atomic E-state index is 12.1. The fourth-order valence-corrected chi connectivity index (χ4v) is 7.22. The second-order valence-corrected chi connectivity index (χ2v) is 10.1. The summed E-state index contributed by atoms with van der Waals surface area (Å²) < 4.78 is 0. The van der Waals surface area contributed by atoms with Crippen molar-refractivity contribution >= 4 is 0 Å². The molecule has 6 atom stereocenters. The molecule has 6 nitrogen and oxygen atoms in total. The van der Waals surface area contributed by atoms with Gasteiger partial charge in [-0.1, -0.05) is 79.9 Å². The van der Waals surface area contributed by atoms with Gasteiger partial charge in [-0.3, -0.25) is 0 Å². The summed E-state index contributed by atoms with van der Waals surface area (Å²) in [7, 11) is 0. The fraction of sp³-hybridized carbons (Fsp3) is 0.538. The second-order valence-electron chi connectivity index (χ2n) is 10.1. The lowest BCUT2D eigenvalue weighted by Gasteiger charge is -2.52. The predicted molar refractivity (Wildman–Crippen MR) is 118 cm³/mol. The minimum Gasteiger partial charge on any atom is -0.387 e. The third-order valence-electron chi connectivity index (χ3n) is 8.72. The Bertz CT molecular complexity index is 903. The topological polar surface area (TPSA) is 121 Å². The zero-order valence-electron chi connectivity index (χ0n) is 18.1. The van der Waals surface area contributed by atoms with Crippen molar-refractivity contribution < 1.29 is 30.6 Å². The molecule has 0 bridgehead atoms. The third kappa shape index (κ3) is 2.40. The molecule has 0 aromatic heterocycles. The minimum atomic E-state index is -2.23. The van der Waals surface area contributed by atoms with Gasteiger partial charge < -0.3 is 30.6 Å². The average Bonchev–Trinajstić information content (AvgIpc) is 3.24. The molecule has 1 spiro atoms. The van der Waals surface area contributed by atoms with Crippen molar-refractivity contribution in [3.63, 3.8) is 0 Å². The first-order valence-corrected chi connectivity index (χ1v) is 11.5. The average molecular weight is 441 g/mol. The van der Waals surface area contributed by atoms with Gasteiger partial charge in [-0.25, -0.2) is 0 Å². The number of benzene rings is 2. The lowest BCUT2D eigenvalue weighted by Crippen LogP contribution is -2.77. The van der Waals surface area contributed by atoms with Crippen LogP contribution >= 0.6 is 0 Å². The highest BCUT2D eigenvalue weighted by Gasteiger charge is 3.00.